The Balaban J connectivity index is 2.01. The summed E-state index contributed by atoms with van der Waals surface area (Å²) in [6.45, 7) is 1.84. The van der Waals surface area contributed by atoms with Gasteiger partial charge in [-0.3, -0.25) is 9.89 Å². The summed E-state index contributed by atoms with van der Waals surface area (Å²) in [6.07, 6.45) is 4.76. The van der Waals surface area contributed by atoms with Crippen molar-refractivity contribution in [2.75, 3.05) is 5.32 Å². The summed E-state index contributed by atoms with van der Waals surface area (Å²) in [5.74, 6) is -0.338. The van der Waals surface area contributed by atoms with Gasteiger partial charge in [-0.1, -0.05) is 18.5 Å². The van der Waals surface area contributed by atoms with Gasteiger partial charge in [0.2, 0.25) is 0 Å². The normalized spacial score (nSPS) is 12.9. The summed E-state index contributed by atoms with van der Waals surface area (Å²) in [5, 5.41) is 20.7. The summed E-state index contributed by atoms with van der Waals surface area (Å²) in [7, 11) is 0. The number of amides is 1. The summed E-state index contributed by atoms with van der Waals surface area (Å²) in [5.41, 5.74) is 7.71. The smallest absolute Gasteiger partial charge is 0.255 e. The van der Waals surface area contributed by atoms with E-state index in [1.54, 1.807) is 18.2 Å². The fourth-order valence-corrected chi connectivity index (χ4v) is 2.78. The van der Waals surface area contributed by atoms with E-state index in [1.807, 2.05) is 6.92 Å². The number of carbonyl (C=O) groups is 1. The van der Waals surface area contributed by atoms with Crippen LogP contribution < -0.4 is 21.7 Å². The molecule has 0 spiro atoms. The van der Waals surface area contributed by atoms with Gasteiger partial charge >= 0.3 is 0 Å². The molecule has 0 aliphatic carbocycles. The Labute approximate surface area is 153 Å². The maximum atomic E-state index is 12.8. The number of furan rings is 1. The topological polar surface area (TPSA) is 117 Å². The van der Waals surface area contributed by atoms with E-state index in [0.717, 1.165) is 0 Å². The first-order valence-corrected chi connectivity index (χ1v) is 8.25. The van der Waals surface area contributed by atoms with Gasteiger partial charge in [-0.2, -0.15) is 5.10 Å². The minimum atomic E-state index is -0.352. The van der Waals surface area contributed by atoms with Crippen molar-refractivity contribution >= 4 is 35.0 Å². The molecule has 2 heterocycles. The molecule has 0 saturated heterocycles. The third-order valence-corrected chi connectivity index (χ3v) is 4.13. The average molecular weight is 373 g/mol. The molecule has 134 valence electrons. The molecular formula is C18H17ClN4O3. The lowest BCUT2D eigenvalue weighted by molar-refractivity contribution is -0.111. The van der Waals surface area contributed by atoms with Crippen molar-refractivity contribution < 1.29 is 14.3 Å². The molecule has 0 unspecified atom stereocenters. The summed E-state index contributed by atoms with van der Waals surface area (Å²) in [6, 6.07) is 6.31. The number of anilines is 1. The lowest BCUT2D eigenvalue weighted by Gasteiger charge is -2.09. The van der Waals surface area contributed by atoms with Crippen LogP contribution >= 0.6 is 11.6 Å². The number of aromatic nitrogens is 2. The first-order chi connectivity index (χ1) is 12.5. The average Bonchev–Trinajstić information content (AvgIpc) is 3.27. The van der Waals surface area contributed by atoms with Crippen molar-refractivity contribution in [2.45, 2.75) is 13.3 Å². The molecule has 0 aliphatic heterocycles. The van der Waals surface area contributed by atoms with Gasteiger partial charge in [0.15, 0.2) is 0 Å². The maximum Gasteiger partial charge on any atom is 0.255 e. The van der Waals surface area contributed by atoms with Crippen molar-refractivity contribution in [1.82, 2.24) is 10.2 Å². The van der Waals surface area contributed by atoms with Crippen LogP contribution in [0.2, 0.25) is 5.02 Å². The van der Waals surface area contributed by atoms with E-state index < -0.39 is 0 Å². The number of nitrogens with one attached hydrogen (secondary N) is 2. The fraction of sp³-hybridized carbons (Fsp3) is 0.111. The van der Waals surface area contributed by atoms with E-state index in [-0.39, 0.29) is 11.7 Å². The second-order valence-corrected chi connectivity index (χ2v) is 5.91. The first-order valence-electron chi connectivity index (χ1n) is 7.87. The van der Waals surface area contributed by atoms with Crippen LogP contribution in [0.3, 0.4) is 0 Å². The highest BCUT2D eigenvalue weighted by molar-refractivity contribution is 6.31. The number of hydrogen-bond donors (Lipinski definition) is 4. The van der Waals surface area contributed by atoms with Gasteiger partial charge in [0.25, 0.3) is 5.91 Å². The van der Waals surface area contributed by atoms with Gasteiger partial charge in [0, 0.05) is 22.0 Å². The summed E-state index contributed by atoms with van der Waals surface area (Å²) in [4.78, 5) is 12.8. The minimum absolute atomic E-state index is 0.0138. The van der Waals surface area contributed by atoms with Gasteiger partial charge in [0.05, 0.1) is 29.4 Å². The van der Waals surface area contributed by atoms with Crippen LogP contribution in [0.25, 0.3) is 23.0 Å². The number of aromatic hydroxyl groups is 1. The zero-order valence-electron chi connectivity index (χ0n) is 13.9. The molecule has 26 heavy (non-hydrogen) atoms. The molecule has 0 fully saturated rings. The van der Waals surface area contributed by atoms with Gasteiger partial charge < -0.3 is 20.6 Å². The zero-order valence-corrected chi connectivity index (χ0v) is 14.7. The van der Waals surface area contributed by atoms with E-state index in [2.05, 4.69) is 15.5 Å². The molecule has 1 aromatic carbocycles. The van der Waals surface area contributed by atoms with Crippen molar-refractivity contribution in [3.63, 3.8) is 0 Å². The molecule has 0 radical (unpaired) electrons. The van der Waals surface area contributed by atoms with Gasteiger partial charge in [-0.05, 0) is 30.7 Å². The van der Waals surface area contributed by atoms with E-state index in [0.29, 0.717) is 44.6 Å². The number of halogens is 1. The Morgan fingerprint density at radius 2 is 2.27 bits per heavy atom. The predicted octanol–water partition coefficient (Wildman–Crippen LogP) is 1.92. The third-order valence-electron chi connectivity index (χ3n) is 3.89. The molecule has 0 saturated carbocycles. The second kappa shape index (κ2) is 7.37. The highest BCUT2D eigenvalue weighted by Gasteiger charge is 2.17. The first kappa shape index (κ1) is 17.6. The molecule has 0 bridgehead atoms. The lowest BCUT2D eigenvalue weighted by atomic mass is 10.1. The van der Waals surface area contributed by atoms with Crippen LogP contribution in [0.4, 0.5) is 5.69 Å². The molecule has 1 amide bonds. The van der Waals surface area contributed by atoms with Crippen LogP contribution in [0, 0.1) is 0 Å². The van der Waals surface area contributed by atoms with Crippen molar-refractivity contribution in [1.29, 1.82) is 0 Å². The van der Waals surface area contributed by atoms with Gasteiger partial charge in [0.1, 0.15) is 11.2 Å². The monoisotopic (exact) mass is 372 g/mol. The molecule has 2 aromatic heterocycles. The highest BCUT2D eigenvalue weighted by Crippen LogP contribution is 2.34. The Hall–Kier alpha value is -3.19. The van der Waals surface area contributed by atoms with E-state index in [4.69, 9.17) is 21.8 Å². The van der Waals surface area contributed by atoms with Crippen molar-refractivity contribution in [3.8, 4) is 17.0 Å². The molecule has 0 aliphatic rings. The molecule has 5 N–H and O–H groups in total. The molecule has 0 atom stereocenters. The van der Waals surface area contributed by atoms with Crippen LogP contribution in [-0.2, 0) is 4.79 Å². The Bertz CT molecular complexity index is 1070. The number of H-pyrrole nitrogens is 1. The van der Waals surface area contributed by atoms with Crippen LogP contribution in [0.1, 0.15) is 13.3 Å². The molecule has 7 nitrogen and oxygen atoms in total. The molecule has 3 rings (SSSR count). The van der Waals surface area contributed by atoms with Crippen LogP contribution in [0.15, 0.2) is 41.1 Å². The number of phenolic OH excluding ortho intramolecular Hbond substituents is 1. The minimum Gasteiger partial charge on any atom is -0.507 e. The molecule has 8 heteroatoms. The van der Waals surface area contributed by atoms with E-state index >= 15 is 0 Å². The number of benzene rings is 1. The molecule has 3 aromatic rings. The van der Waals surface area contributed by atoms with Crippen molar-refractivity contribution in [2.24, 2.45) is 5.73 Å². The number of aromatic amines is 1. The number of nitrogens with zero attached hydrogens (tertiary/aromatic N) is 1. The number of hydrogen-bond acceptors (Lipinski definition) is 5. The number of rotatable bonds is 4. The Morgan fingerprint density at radius 3 is 3.00 bits per heavy atom. The predicted molar refractivity (Wildman–Crippen MR) is 99.6 cm³/mol. The maximum absolute atomic E-state index is 12.8. The number of carbonyl (C=O) groups excluding carboxylic acids is 1. The van der Waals surface area contributed by atoms with Gasteiger partial charge in [-0.15, -0.1) is 0 Å². The SMILES string of the molecule is CC/C(C(=O)Nc1cn[nH]c1-c1cc(Cl)ccc1O)=c1/occ/c1=C/N. The Kier molecular flexibility index (Phi) is 4.99. The van der Waals surface area contributed by atoms with Gasteiger partial charge in [-0.25, -0.2) is 0 Å². The number of phenols is 1. The Morgan fingerprint density at radius 1 is 1.46 bits per heavy atom. The standard InChI is InChI=1S/C18H17ClN4O3/c1-2-12(17-10(8-20)5-6-26-17)18(25)22-14-9-21-23-16(14)13-7-11(19)3-4-15(13)24/h3-9,24H,2,20H2,1H3,(H,21,23)(H,22,25)/b10-8-,17-12-. The summed E-state index contributed by atoms with van der Waals surface area (Å²) < 4.78 is 5.41. The highest BCUT2D eigenvalue weighted by atomic mass is 35.5. The largest absolute Gasteiger partial charge is 0.507 e. The fourth-order valence-electron chi connectivity index (χ4n) is 2.61. The van der Waals surface area contributed by atoms with Crippen molar-refractivity contribution in [3.05, 3.63) is 52.4 Å². The van der Waals surface area contributed by atoms with E-state index in [1.165, 1.54) is 24.7 Å². The summed E-state index contributed by atoms with van der Waals surface area (Å²) >= 11 is 6.00. The van der Waals surface area contributed by atoms with Crippen LogP contribution in [-0.4, -0.2) is 21.2 Å². The second-order valence-electron chi connectivity index (χ2n) is 5.48. The van der Waals surface area contributed by atoms with E-state index in [9.17, 15) is 9.90 Å². The quantitative estimate of drug-likeness (QED) is 0.558. The molecular weight excluding hydrogens is 356 g/mol. The lowest BCUT2D eigenvalue weighted by Crippen LogP contribution is -2.29. The third kappa shape index (κ3) is 3.29. The number of nitrogens with two attached hydrogens (primary N) is 1. The van der Waals surface area contributed by atoms with Crippen LogP contribution in [0.5, 0.6) is 5.75 Å². The zero-order chi connectivity index (χ0) is 18.7.